The first-order valence-electron chi connectivity index (χ1n) is 9.35. The SMILES string of the molecule is Cc1ccc2oc(CN(Cc3cc(F)ccc3F)C(=O)c3cccc(F)c3F)nc2c1. The van der Waals surface area contributed by atoms with E-state index >= 15 is 0 Å². The number of hydrogen-bond donors (Lipinski definition) is 0. The van der Waals surface area contributed by atoms with E-state index in [1.54, 1.807) is 12.1 Å². The summed E-state index contributed by atoms with van der Waals surface area (Å²) < 4.78 is 61.4. The predicted octanol–water partition coefficient (Wildman–Crippen LogP) is 5.54. The van der Waals surface area contributed by atoms with Crippen LogP contribution in [0, 0.1) is 30.2 Å². The summed E-state index contributed by atoms with van der Waals surface area (Å²) in [6.45, 7) is 1.21. The van der Waals surface area contributed by atoms with Crippen LogP contribution >= 0.6 is 0 Å². The van der Waals surface area contributed by atoms with Crippen molar-refractivity contribution in [1.29, 1.82) is 0 Å². The molecule has 0 radical (unpaired) electrons. The molecule has 1 amide bonds. The van der Waals surface area contributed by atoms with Crippen LogP contribution in [0.2, 0.25) is 0 Å². The van der Waals surface area contributed by atoms with Crippen LogP contribution in [0.1, 0.15) is 27.4 Å². The highest BCUT2D eigenvalue weighted by Crippen LogP contribution is 2.22. The van der Waals surface area contributed by atoms with Crippen LogP contribution in [0.5, 0.6) is 0 Å². The zero-order valence-electron chi connectivity index (χ0n) is 16.3. The largest absolute Gasteiger partial charge is 0.439 e. The fourth-order valence-electron chi connectivity index (χ4n) is 3.23. The van der Waals surface area contributed by atoms with E-state index in [4.69, 9.17) is 4.42 Å². The van der Waals surface area contributed by atoms with Crippen molar-refractivity contribution in [3.8, 4) is 0 Å². The summed E-state index contributed by atoms with van der Waals surface area (Å²) in [5.41, 5.74) is 1.31. The fraction of sp³-hybridized carbons (Fsp3) is 0.130. The van der Waals surface area contributed by atoms with Crippen LogP contribution in [0.15, 0.2) is 59.0 Å². The summed E-state index contributed by atoms with van der Waals surface area (Å²) in [6, 6.07) is 11.3. The number of benzene rings is 3. The van der Waals surface area contributed by atoms with E-state index in [-0.39, 0.29) is 18.0 Å². The average molecular weight is 428 g/mol. The Balaban J connectivity index is 1.72. The van der Waals surface area contributed by atoms with Gasteiger partial charge in [0.1, 0.15) is 17.2 Å². The third kappa shape index (κ3) is 4.28. The summed E-state index contributed by atoms with van der Waals surface area (Å²) >= 11 is 0. The number of carbonyl (C=O) groups excluding carboxylic acids is 1. The smallest absolute Gasteiger partial charge is 0.257 e. The summed E-state index contributed by atoms with van der Waals surface area (Å²) in [5.74, 6) is -4.77. The second kappa shape index (κ2) is 8.22. The summed E-state index contributed by atoms with van der Waals surface area (Å²) in [4.78, 5) is 18.4. The Morgan fingerprint density at radius 2 is 1.77 bits per heavy atom. The lowest BCUT2D eigenvalue weighted by Gasteiger charge is -2.22. The number of hydrogen-bond acceptors (Lipinski definition) is 3. The first-order valence-corrected chi connectivity index (χ1v) is 9.35. The van der Waals surface area contributed by atoms with Gasteiger partial charge in [-0.3, -0.25) is 4.79 Å². The minimum absolute atomic E-state index is 0.113. The fourth-order valence-corrected chi connectivity index (χ4v) is 3.23. The van der Waals surface area contributed by atoms with Crippen molar-refractivity contribution in [2.24, 2.45) is 0 Å². The van der Waals surface area contributed by atoms with Gasteiger partial charge in [0.2, 0.25) is 5.89 Å². The molecular weight excluding hydrogens is 412 g/mol. The predicted molar refractivity (Wildman–Crippen MR) is 105 cm³/mol. The number of fused-ring (bicyclic) bond motifs is 1. The maximum absolute atomic E-state index is 14.2. The maximum atomic E-state index is 14.2. The highest BCUT2D eigenvalue weighted by atomic mass is 19.2. The Bertz CT molecular complexity index is 1290. The van der Waals surface area contributed by atoms with Gasteiger partial charge in [-0.25, -0.2) is 22.5 Å². The quantitative estimate of drug-likeness (QED) is 0.393. The van der Waals surface area contributed by atoms with E-state index in [2.05, 4.69) is 4.98 Å². The third-order valence-electron chi connectivity index (χ3n) is 4.75. The zero-order valence-corrected chi connectivity index (χ0v) is 16.3. The zero-order chi connectivity index (χ0) is 22.1. The number of aromatic nitrogens is 1. The van der Waals surface area contributed by atoms with E-state index in [1.807, 2.05) is 13.0 Å². The van der Waals surface area contributed by atoms with Gasteiger partial charge in [0.25, 0.3) is 5.91 Å². The highest BCUT2D eigenvalue weighted by molar-refractivity contribution is 5.94. The summed E-state index contributed by atoms with van der Waals surface area (Å²) in [7, 11) is 0. The van der Waals surface area contributed by atoms with Crippen LogP contribution < -0.4 is 0 Å². The van der Waals surface area contributed by atoms with Crippen molar-refractivity contribution in [2.75, 3.05) is 0 Å². The van der Waals surface area contributed by atoms with Gasteiger partial charge in [-0.05, 0) is 55.0 Å². The standard InChI is InChI=1S/C23H16F4N2O2/c1-13-5-8-20-19(9-13)28-21(31-20)12-29(11-14-10-15(24)6-7-17(14)25)23(30)16-3-2-4-18(26)22(16)27/h2-10H,11-12H2,1H3. The van der Waals surface area contributed by atoms with Crippen molar-refractivity contribution < 1.29 is 26.8 Å². The molecule has 0 aliphatic carbocycles. The molecule has 31 heavy (non-hydrogen) atoms. The van der Waals surface area contributed by atoms with Gasteiger partial charge < -0.3 is 9.32 Å². The molecule has 1 heterocycles. The van der Waals surface area contributed by atoms with Crippen molar-refractivity contribution in [3.05, 3.63) is 100 Å². The molecule has 0 saturated heterocycles. The molecule has 1 aromatic heterocycles. The second-order valence-electron chi connectivity index (χ2n) is 7.08. The van der Waals surface area contributed by atoms with Gasteiger partial charge in [-0.2, -0.15) is 0 Å². The monoisotopic (exact) mass is 428 g/mol. The molecular formula is C23H16F4N2O2. The number of carbonyl (C=O) groups is 1. The van der Waals surface area contributed by atoms with E-state index < -0.39 is 41.3 Å². The molecule has 4 nitrogen and oxygen atoms in total. The van der Waals surface area contributed by atoms with Gasteiger partial charge in [0, 0.05) is 12.1 Å². The normalized spacial score (nSPS) is 11.1. The van der Waals surface area contributed by atoms with Crippen LogP contribution in [0.4, 0.5) is 17.6 Å². The van der Waals surface area contributed by atoms with Gasteiger partial charge in [0.05, 0.1) is 12.1 Å². The first kappa shape index (κ1) is 20.6. The van der Waals surface area contributed by atoms with E-state index in [0.29, 0.717) is 11.1 Å². The number of oxazole rings is 1. The van der Waals surface area contributed by atoms with Crippen LogP contribution in [-0.2, 0) is 13.1 Å². The molecule has 0 N–H and O–H groups in total. The van der Waals surface area contributed by atoms with E-state index in [9.17, 15) is 22.4 Å². The van der Waals surface area contributed by atoms with E-state index in [0.717, 1.165) is 40.8 Å². The summed E-state index contributed by atoms with van der Waals surface area (Å²) in [6.07, 6.45) is 0. The molecule has 0 saturated carbocycles. The molecule has 4 aromatic rings. The minimum atomic E-state index is -1.33. The molecule has 0 aliphatic rings. The molecule has 8 heteroatoms. The van der Waals surface area contributed by atoms with Gasteiger partial charge in [-0.15, -0.1) is 0 Å². The molecule has 0 fully saturated rings. The van der Waals surface area contributed by atoms with Gasteiger partial charge in [-0.1, -0.05) is 12.1 Å². The third-order valence-corrected chi connectivity index (χ3v) is 4.75. The number of halogens is 4. The Hall–Kier alpha value is -3.68. The Morgan fingerprint density at radius 1 is 0.968 bits per heavy atom. The highest BCUT2D eigenvalue weighted by Gasteiger charge is 2.24. The van der Waals surface area contributed by atoms with Crippen molar-refractivity contribution in [2.45, 2.75) is 20.0 Å². The Kier molecular flexibility index (Phi) is 5.46. The van der Waals surface area contributed by atoms with Crippen molar-refractivity contribution in [3.63, 3.8) is 0 Å². The molecule has 4 rings (SSSR count). The first-order chi connectivity index (χ1) is 14.8. The van der Waals surface area contributed by atoms with Crippen LogP contribution in [0.3, 0.4) is 0 Å². The van der Waals surface area contributed by atoms with Crippen LogP contribution in [-0.4, -0.2) is 15.8 Å². The minimum Gasteiger partial charge on any atom is -0.439 e. The van der Waals surface area contributed by atoms with Gasteiger partial charge in [0.15, 0.2) is 17.2 Å². The molecule has 0 unspecified atom stereocenters. The number of aryl methyl sites for hydroxylation is 1. The molecule has 158 valence electrons. The molecule has 0 bridgehead atoms. The lowest BCUT2D eigenvalue weighted by molar-refractivity contribution is 0.0707. The number of nitrogens with zero attached hydrogens (tertiary/aromatic N) is 2. The number of rotatable bonds is 5. The molecule has 0 spiro atoms. The van der Waals surface area contributed by atoms with Crippen molar-refractivity contribution in [1.82, 2.24) is 9.88 Å². The lowest BCUT2D eigenvalue weighted by Crippen LogP contribution is -2.31. The number of amides is 1. The summed E-state index contributed by atoms with van der Waals surface area (Å²) in [5, 5.41) is 0. The maximum Gasteiger partial charge on any atom is 0.257 e. The van der Waals surface area contributed by atoms with Crippen LogP contribution in [0.25, 0.3) is 11.1 Å². The van der Waals surface area contributed by atoms with Gasteiger partial charge >= 0.3 is 0 Å². The molecule has 3 aromatic carbocycles. The van der Waals surface area contributed by atoms with E-state index in [1.165, 1.54) is 6.07 Å². The Morgan fingerprint density at radius 3 is 2.58 bits per heavy atom. The molecule has 0 atom stereocenters. The second-order valence-corrected chi connectivity index (χ2v) is 7.08. The van der Waals surface area contributed by atoms with Crippen molar-refractivity contribution >= 4 is 17.0 Å². The topological polar surface area (TPSA) is 46.3 Å². The Labute approximate surface area is 174 Å². The average Bonchev–Trinajstić information content (AvgIpc) is 3.13. The lowest BCUT2D eigenvalue weighted by atomic mass is 10.1. The molecule has 0 aliphatic heterocycles.